The van der Waals surface area contributed by atoms with Gasteiger partial charge in [-0.3, -0.25) is 10.3 Å². The van der Waals surface area contributed by atoms with Gasteiger partial charge in [0.05, 0.1) is 5.52 Å². The number of hydrogen-bond acceptors (Lipinski definition) is 6. The summed E-state index contributed by atoms with van der Waals surface area (Å²) in [5.74, 6) is 0.823. The van der Waals surface area contributed by atoms with E-state index >= 15 is 0 Å². The van der Waals surface area contributed by atoms with E-state index in [0.29, 0.717) is 0 Å². The Balaban J connectivity index is 1.16. The fourth-order valence-electron chi connectivity index (χ4n) is 8.08. The van der Waals surface area contributed by atoms with E-state index in [2.05, 4.69) is 131 Å². The van der Waals surface area contributed by atoms with Crippen molar-refractivity contribution in [2.24, 2.45) is 4.99 Å². The van der Waals surface area contributed by atoms with E-state index in [9.17, 15) is 0 Å². The maximum Gasteiger partial charge on any atom is 0.137 e. The maximum absolute atomic E-state index is 6.54. The van der Waals surface area contributed by atoms with Gasteiger partial charge in [0, 0.05) is 50.3 Å². The van der Waals surface area contributed by atoms with Crippen molar-refractivity contribution in [3.8, 4) is 11.1 Å². The van der Waals surface area contributed by atoms with Gasteiger partial charge in [0.1, 0.15) is 40.5 Å². The van der Waals surface area contributed by atoms with Gasteiger partial charge in [-0.2, -0.15) is 0 Å². The van der Waals surface area contributed by atoms with E-state index < -0.39 is 6.17 Å². The number of amidine groups is 1. The van der Waals surface area contributed by atoms with E-state index in [1.54, 1.807) is 0 Å². The molecule has 10 aromatic rings. The Morgan fingerprint density at radius 2 is 1.27 bits per heavy atom. The zero-order valence-corrected chi connectivity index (χ0v) is 27.9. The van der Waals surface area contributed by atoms with Crippen LogP contribution in [-0.4, -0.2) is 10.8 Å². The number of nitrogens with one attached hydrogen (secondary N) is 2. The molecule has 3 aromatic heterocycles. The average Bonchev–Trinajstić information content (AvgIpc) is 3.78. The molecule has 4 heterocycles. The van der Waals surface area contributed by atoms with Crippen molar-refractivity contribution in [3.63, 3.8) is 0 Å². The molecule has 1 aliphatic rings. The minimum Gasteiger partial charge on any atom is -0.456 e. The average molecular weight is 671 g/mol. The summed E-state index contributed by atoms with van der Waals surface area (Å²) < 4.78 is 12.9. The Labute approximate surface area is 298 Å². The second-order valence-electron chi connectivity index (χ2n) is 13.4. The molecule has 6 nitrogen and oxygen atoms in total. The highest BCUT2D eigenvalue weighted by molar-refractivity contribution is 6.18. The molecule has 0 saturated carbocycles. The van der Waals surface area contributed by atoms with Crippen LogP contribution in [0.1, 0.15) is 29.0 Å². The van der Waals surface area contributed by atoms with Crippen LogP contribution >= 0.6 is 0 Å². The highest BCUT2D eigenvalue weighted by Gasteiger charge is 2.30. The first-order chi connectivity index (χ1) is 25.8. The lowest BCUT2D eigenvalue weighted by molar-refractivity contribution is 0.411. The molecule has 0 amide bonds. The van der Waals surface area contributed by atoms with Crippen LogP contribution < -0.4 is 10.6 Å². The van der Waals surface area contributed by atoms with Gasteiger partial charge in [-0.25, -0.2) is 4.99 Å². The molecule has 0 spiro atoms. The van der Waals surface area contributed by atoms with Gasteiger partial charge in [0.25, 0.3) is 0 Å². The Hall–Kier alpha value is -6.76. The van der Waals surface area contributed by atoms with Crippen LogP contribution in [0.5, 0.6) is 0 Å². The molecule has 2 atom stereocenters. The first-order valence-electron chi connectivity index (χ1n) is 17.5. The molecular formula is C46H30N4O2. The lowest BCUT2D eigenvalue weighted by Gasteiger charge is -2.33. The fraction of sp³-hybridized carbons (Fsp3) is 0.0435. The third-order valence-corrected chi connectivity index (χ3v) is 10.4. The highest BCUT2D eigenvalue weighted by Crippen LogP contribution is 2.44. The van der Waals surface area contributed by atoms with E-state index in [0.717, 1.165) is 99.2 Å². The Kier molecular flexibility index (Phi) is 6.35. The number of rotatable bonds is 4. The van der Waals surface area contributed by atoms with Gasteiger partial charge >= 0.3 is 0 Å². The molecule has 6 heteroatoms. The standard InChI is InChI=1S/C46H30N4O2/c1-2-12-28(13-3-1)44-48-45(33-18-9-21-38-42(33)31-16-6-7-19-37(31)51-38)50-46(49-44)34-23-22-27-11-4-5-15-30(27)41(34)32-17-8-20-39-43(32)35-25-29-14-10-24-47-36(29)26-40(35)52-39/h1-26,45-46,50H,(H,48,49). The van der Waals surface area contributed by atoms with E-state index in [4.69, 9.17) is 13.8 Å². The monoisotopic (exact) mass is 670 g/mol. The molecule has 0 radical (unpaired) electrons. The number of furan rings is 2. The summed E-state index contributed by atoms with van der Waals surface area (Å²) in [6.45, 7) is 0. The number of hydrogen-bond donors (Lipinski definition) is 2. The maximum atomic E-state index is 6.54. The van der Waals surface area contributed by atoms with Crippen LogP contribution in [-0.2, 0) is 0 Å². The highest BCUT2D eigenvalue weighted by atomic mass is 16.3. The number of aliphatic imine (C=N–C) groups is 1. The van der Waals surface area contributed by atoms with Crippen molar-refractivity contribution in [3.05, 3.63) is 175 Å². The number of nitrogens with zero attached hydrogens (tertiary/aromatic N) is 2. The molecule has 52 heavy (non-hydrogen) atoms. The van der Waals surface area contributed by atoms with Crippen molar-refractivity contribution in [1.82, 2.24) is 15.6 Å². The second kappa shape index (κ2) is 11.4. The molecule has 2 N–H and O–H groups in total. The lowest BCUT2D eigenvalue weighted by Crippen LogP contribution is -2.45. The number of para-hydroxylation sites is 1. The Morgan fingerprint density at radius 1 is 0.519 bits per heavy atom. The van der Waals surface area contributed by atoms with Crippen molar-refractivity contribution < 1.29 is 8.83 Å². The van der Waals surface area contributed by atoms with Crippen molar-refractivity contribution >= 4 is 71.4 Å². The topological polar surface area (TPSA) is 75.6 Å². The zero-order chi connectivity index (χ0) is 34.2. The van der Waals surface area contributed by atoms with Crippen LogP contribution in [0.3, 0.4) is 0 Å². The van der Waals surface area contributed by atoms with E-state index in [-0.39, 0.29) is 6.17 Å². The first-order valence-corrected chi connectivity index (χ1v) is 17.5. The molecule has 7 aromatic carbocycles. The lowest BCUT2D eigenvalue weighted by atomic mass is 9.89. The summed E-state index contributed by atoms with van der Waals surface area (Å²) in [4.78, 5) is 10.0. The van der Waals surface area contributed by atoms with Crippen molar-refractivity contribution in [2.45, 2.75) is 12.3 Å². The quantitative estimate of drug-likeness (QED) is 0.195. The van der Waals surface area contributed by atoms with Crippen molar-refractivity contribution in [1.29, 1.82) is 0 Å². The van der Waals surface area contributed by atoms with Crippen LogP contribution in [0.15, 0.2) is 172 Å². The summed E-state index contributed by atoms with van der Waals surface area (Å²) >= 11 is 0. The second-order valence-corrected chi connectivity index (χ2v) is 13.4. The van der Waals surface area contributed by atoms with Crippen LogP contribution in [0, 0.1) is 0 Å². The molecule has 0 fully saturated rings. The predicted molar refractivity (Wildman–Crippen MR) is 210 cm³/mol. The number of fused-ring (bicyclic) bond motifs is 8. The summed E-state index contributed by atoms with van der Waals surface area (Å²) in [7, 11) is 0. The molecular weight excluding hydrogens is 641 g/mol. The molecule has 0 aliphatic carbocycles. The van der Waals surface area contributed by atoms with Gasteiger partial charge in [-0.05, 0) is 57.8 Å². The minimum atomic E-state index is -0.395. The molecule has 11 rings (SSSR count). The predicted octanol–water partition coefficient (Wildman–Crippen LogP) is 11.2. The summed E-state index contributed by atoms with van der Waals surface area (Å²) in [5.41, 5.74) is 9.72. The number of pyridine rings is 1. The molecule has 0 bridgehead atoms. The van der Waals surface area contributed by atoms with Crippen LogP contribution in [0.4, 0.5) is 0 Å². The Bertz CT molecular complexity index is 3050. The Morgan fingerprint density at radius 3 is 2.19 bits per heavy atom. The van der Waals surface area contributed by atoms with E-state index in [1.165, 1.54) is 0 Å². The summed E-state index contributed by atoms with van der Waals surface area (Å²) in [5, 5.41) is 15.4. The summed E-state index contributed by atoms with van der Waals surface area (Å²) in [6, 6.07) is 52.7. The van der Waals surface area contributed by atoms with Crippen LogP contribution in [0.2, 0.25) is 0 Å². The normalized spacial score (nSPS) is 16.3. The largest absolute Gasteiger partial charge is 0.456 e. The van der Waals surface area contributed by atoms with Gasteiger partial charge in [-0.15, -0.1) is 0 Å². The van der Waals surface area contributed by atoms with Gasteiger partial charge in [0.15, 0.2) is 0 Å². The minimum absolute atomic E-state index is 0.272. The third-order valence-electron chi connectivity index (χ3n) is 10.4. The van der Waals surface area contributed by atoms with Gasteiger partial charge in [-0.1, -0.05) is 115 Å². The van der Waals surface area contributed by atoms with Crippen molar-refractivity contribution in [2.75, 3.05) is 0 Å². The van der Waals surface area contributed by atoms with Gasteiger partial charge < -0.3 is 14.2 Å². The van der Waals surface area contributed by atoms with E-state index in [1.807, 2.05) is 42.6 Å². The number of aromatic nitrogens is 1. The number of benzene rings is 7. The first kappa shape index (κ1) is 29.0. The molecule has 2 unspecified atom stereocenters. The smallest absolute Gasteiger partial charge is 0.137 e. The summed E-state index contributed by atoms with van der Waals surface area (Å²) in [6.07, 6.45) is 1.16. The zero-order valence-electron chi connectivity index (χ0n) is 27.9. The fourth-order valence-corrected chi connectivity index (χ4v) is 8.08. The molecule has 1 aliphatic heterocycles. The molecule has 246 valence electrons. The van der Waals surface area contributed by atoms with Gasteiger partial charge in [0.2, 0.25) is 0 Å². The third kappa shape index (κ3) is 4.48. The molecule has 0 saturated heterocycles. The van der Waals surface area contributed by atoms with Crippen LogP contribution in [0.25, 0.3) is 76.7 Å². The SMILES string of the molecule is c1ccc(C2=NC(c3ccc4ccccc4c3-c3cccc4oc5cc6ncccc6cc5c34)NC(c3cccc4oc5ccccc5c34)N2)cc1.